The van der Waals surface area contributed by atoms with E-state index in [1.807, 2.05) is 37.3 Å². The topological polar surface area (TPSA) is 64.1 Å². The molecule has 2 aromatic rings. The molecule has 1 aromatic carbocycles. The fraction of sp³-hybridized carbons (Fsp3) is 0.357. The molecular weight excluding hydrogens is 274 g/mol. The lowest BCUT2D eigenvalue weighted by atomic mass is 9.96. The minimum atomic E-state index is -0.175. The van der Waals surface area contributed by atoms with Gasteiger partial charge in [0.1, 0.15) is 11.6 Å². The number of rotatable bonds is 6. The molecule has 1 atom stereocenters. The number of aromatic nitrogens is 2. The molecule has 2 rings (SSSR count). The van der Waals surface area contributed by atoms with Gasteiger partial charge in [0.05, 0.1) is 5.92 Å². The first kappa shape index (κ1) is 14.6. The van der Waals surface area contributed by atoms with Crippen LogP contribution in [-0.4, -0.2) is 23.2 Å². The number of nitrogens with one attached hydrogen (secondary N) is 1. The molecule has 0 bridgehead atoms. The number of anilines is 1. The number of hydrogen-bond acceptors (Lipinski definition) is 5. The van der Waals surface area contributed by atoms with Gasteiger partial charge in [0.15, 0.2) is 0 Å². The second kappa shape index (κ2) is 7.12. The van der Waals surface area contributed by atoms with Gasteiger partial charge in [0, 0.05) is 7.11 Å². The first-order chi connectivity index (χ1) is 9.74. The first-order valence-corrected chi connectivity index (χ1v) is 7.23. The van der Waals surface area contributed by atoms with Gasteiger partial charge in [-0.2, -0.15) is 0 Å². The van der Waals surface area contributed by atoms with Gasteiger partial charge < -0.3 is 4.74 Å². The number of hydrogen-bond donors (Lipinski definition) is 1. The molecule has 1 N–H and O–H groups in total. The summed E-state index contributed by atoms with van der Waals surface area (Å²) in [5.41, 5.74) is 1.01. The van der Waals surface area contributed by atoms with Crippen LogP contribution in [0, 0.1) is 0 Å². The average molecular weight is 291 g/mol. The minimum Gasteiger partial charge on any atom is -0.377 e. The van der Waals surface area contributed by atoms with Crippen molar-refractivity contribution in [3.05, 3.63) is 40.9 Å². The Bertz CT molecular complexity index is 557. The number of benzene rings is 1. The average Bonchev–Trinajstić information content (AvgIpc) is 2.88. The Hall–Kier alpha value is -1.79. The van der Waals surface area contributed by atoms with E-state index in [4.69, 9.17) is 4.74 Å². The SMILES string of the molecule is CCC(C(=O)Nc1nnc(COC)s1)c1ccccc1. The van der Waals surface area contributed by atoms with Gasteiger partial charge >= 0.3 is 0 Å². The molecule has 6 heteroatoms. The maximum absolute atomic E-state index is 12.3. The summed E-state index contributed by atoms with van der Waals surface area (Å²) in [6.07, 6.45) is 0.736. The molecule has 0 saturated heterocycles. The van der Waals surface area contributed by atoms with E-state index in [1.54, 1.807) is 7.11 Å². The van der Waals surface area contributed by atoms with E-state index in [2.05, 4.69) is 15.5 Å². The third-order valence-corrected chi connectivity index (χ3v) is 3.70. The van der Waals surface area contributed by atoms with Crippen molar-refractivity contribution in [1.82, 2.24) is 10.2 Å². The monoisotopic (exact) mass is 291 g/mol. The number of methoxy groups -OCH3 is 1. The molecule has 1 amide bonds. The quantitative estimate of drug-likeness (QED) is 0.889. The van der Waals surface area contributed by atoms with Crippen LogP contribution in [-0.2, 0) is 16.1 Å². The lowest BCUT2D eigenvalue weighted by molar-refractivity contribution is -0.117. The molecule has 1 aromatic heterocycles. The number of amides is 1. The highest BCUT2D eigenvalue weighted by molar-refractivity contribution is 7.15. The maximum Gasteiger partial charge on any atom is 0.233 e. The van der Waals surface area contributed by atoms with Crippen molar-refractivity contribution in [2.75, 3.05) is 12.4 Å². The summed E-state index contributed by atoms with van der Waals surface area (Å²) in [7, 11) is 1.60. The van der Waals surface area contributed by atoms with E-state index in [1.165, 1.54) is 11.3 Å². The Morgan fingerprint density at radius 1 is 1.35 bits per heavy atom. The van der Waals surface area contributed by atoms with Crippen molar-refractivity contribution in [2.24, 2.45) is 0 Å². The van der Waals surface area contributed by atoms with Gasteiger partial charge in [-0.1, -0.05) is 48.6 Å². The molecule has 0 fully saturated rings. The van der Waals surface area contributed by atoms with Crippen LogP contribution < -0.4 is 5.32 Å². The lowest BCUT2D eigenvalue weighted by Crippen LogP contribution is -2.20. The fourth-order valence-corrected chi connectivity index (χ4v) is 2.65. The van der Waals surface area contributed by atoms with E-state index in [0.29, 0.717) is 11.7 Å². The summed E-state index contributed by atoms with van der Waals surface area (Å²) in [5, 5.41) is 12.0. The van der Waals surface area contributed by atoms with Crippen molar-refractivity contribution in [3.8, 4) is 0 Å². The molecule has 5 nitrogen and oxygen atoms in total. The van der Waals surface area contributed by atoms with Gasteiger partial charge in [-0.05, 0) is 12.0 Å². The molecule has 0 aliphatic carbocycles. The van der Waals surface area contributed by atoms with E-state index in [-0.39, 0.29) is 11.8 Å². The lowest BCUT2D eigenvalue weighted by Gasteiger charge is -2.13. The minimum absolute atomic E-state index is 0.0567. The van der Waals surface area contributed by atoms with Crippen LogP contribution in [0.3, 0.4) is 0 Å². The Morgan fingerprint density at radius 2 is 2.10 bits per heavy atom. The van der Waals surface area contributed by atoms with E-state index < -0.39 is 0 Å². The van der Waals surface area contributed by atoms with E-state index in [0.717, 1.165) is 17.0 Å². The third-order valence-electron chi connectivity index (χ3n) is 2.89. The summed E-state index contributed by atoms with van der Waals surface area (Å²) >= 11 is 1.33. The third kappa shape index (κ3) is 3.61. The number of ether oxygens (including phenoxy) is 1. The largest absolute Gasteiger partial charge is 0.377 e. The molecule has 106 valence electrons. The smallest absolute Gasteiger partial charge is 0.233 e. The highest BCUT2D eigenvalue weighted by Gasteiger charge is 2.19. The van der Waals surface area contributed by atoms with Crippen LogP contribution in [0.4, 0.5) is 5.13 Å². The Kier molecular flexibility index (Phi) is 5.20. The molecule has 0 spiro atoms. The summed E-state index contributed by atoms with van der Waals surface area (Å²) in [5.74, 6) is -0.232. The van der Waals surface area contributed by atoms with Crippen LogP contribution >= 0.6 is 11.3 Å². The second-order valence-electron chi connectivity index (χ2n) is 4.29. The van der Waals surface area contributed by atoms with Crippen LogP contribution in [0.1, 0.15) is 29.8 Å². The summed E-state index contributed by atoms with van der Waals surface area (Å²) in [4.78, 5) is 12.3. The molecular formula is C14H17N3O2S. The van der Waals surface area contributed by atoms with Gasteiger partial charge in [0.25, 0.3) is 0 Å². The zero-order chi connectivity index (χ0) is 14.4. The zero-order valence-corrected chi connectivity index (χ0v) is 12.3. The zero-order valence-electron chi connectivity index (χ0n) is 11.5. The van der Waals surface area contributed by atoms with Crippen LogP contribution in [0.25, 0.3) is 0 Å². The first-order valence-electron chi connectivity index (χ1n) is 6.41. The van der Waals surface area contributed by atoms with Crippen molar-refractivity contribution >= 4 is 22.4 Å². The predicted molar refractivity (Wildman–Crippen MR) is 78.7 cm³/mol. The Balaban J connectivity index is 2.05. The summed E-state index contributed by atoms with van der Waals surface area (Å²) in [6, 6.07) is 9.74. The fourth-order valence-electron chi connectivity index (χ4n) is 1.94. The molecule has 20 heavy (non-hydrogen) atoms. The van der Waals surface area contributed by atoms with Gasteiger partial charge in [-0.15, -0.1) is 10.2 Å². The molecule has 1 unspecified atom stereocenters. The van der Waals surface area contributed by atoms with Crippen LogP contribution in [0.2, 0.25) is 0 Å². The van der Waals surface area contributed by atoms with Gasteiger partial charge in [-0.25, -0.2) is 0 Å². The molecule has 0 aliphatic rings. The highest BCUT2D eigenvalue weighted by atomic mass is 32.1. The number of carbonyl (C=O) groups is 1. The van der Waals surface area contributed by atoms with Crippen LogP contribution in [0.5, 0.6) is 0 Å². The molecule has 0 saturated carbocycles. The number of nitrogens with zero attached hydrogens (tertiary/aromatic N) is 2. The van der Waals surface area contributed by atoms with E-state index >= 15 is 0 Å². The summed E-state index contributed by atoms with van der Waals surface area (Å²) < 4.78 is 4.98. The Labute approximate surface area is 122 Å². The maximum atomic E-state index is 12.3. The second-order valence-corrected chi connectivity index (χ2v) is 5.36. The molecule has 1 heterocycles. The van der Waals surface area contributed by atoms with Crippen LogP contribution in [0.15, 0.2) is 30.3 Å². The van der Waals surface area contributed by atoms with Crippen molar-refractivity contribution in [3.63, 3.8) is 0 Å². The van der Waals surface area contributed by atoms with Crippen molar-refractivity contribution < 1.29 is 9.53 Å². The van der Waals surface area contributed by atoms with Crippen molar-refractivity contribution in [2.45, 2.75) is 25.9 Å². The molecule has 0 radical (unpaired) electrons. The number of carbonyl (C=O) groups excluding carboxylic acids is 1. The molecule has 0 aliphatic heterocycles. The van der Waals surface area contributed by atoms with Crippen molar-refractivity contribution in [1.29, 1.82) is 0 Å². The normalized spacial score (nSPS) is 12.1. The highest BCUT2D eigenvalue weighted by Crippen LogP contribution is 2.23. The Morgan fingerprint density at radius 3 is 2.75 bits per heavy atom. The summed E-state index contributed by atoms with van der Waals surface area (Å²) in [6.45, 7) is 2.40. The van der Waals surface area contributed by atoms with E-state index in [9.17, 15) is 4.79 Å². The van der Waals surface area contributed by atoms with Gasteiger partial charge in [-0.3, -0.25) is 10.1 Å². The van der Waals surface area contributed by atoms with Gasteiger partial charge in [0.2, 0.25) is 11.0 Å². The standard InChI is InChI=1S/C14H17N3O2S/c1-3-11(10-7-5-4-6-8-10)13(18)15-14-17-16-12(20-14)9-19-2/h4-8,11H,3,9H2,1-2H3,(H,15,17,18). The predicted octanol–water partition coefficient (Wildman–Crippen LogP) is 2.82.